The molecule has 0 aromatic heterocycles. The fourth-order valence-electron chi connectivity index (χ4n) is 0.480. The van der Waals surface area contributed by atoms with Crippen molar-refractivity contribution >= 4 is 0 Å². The molecular weight excluding hydrogens is 170 g/mol. The van der Waals surface area contributed by atoms with Crippen LogP contribution in [-0.2, 0) is 0 Å². The monoisotopic (exact) mass is 188 g/mol. The first kappa shape index (κ1) is 14.6. The van der Waals surface area contributed by atoms with E-state index in [4.69, 9.17) is 0 Å². The van der Waals surface area contributed by atoms with Gasteiger partial charge in [0.1, 0.15) is 5.83 Å². The van der Waals surface area contributed by atoms with Crippen LogP contribution in [0.1, 0.15) is 34.1 Å². The third-order valence-electron chi connectivity index (χ3n) is 0.985. The highest BCUT2D eigenvalue weighted by Crippen LogP contribution is 2.02. The molecule has 0 fully saturated rings. The molecule has 0 unspecified atom stereocenters. The van der Waals surface area contributed by atoms with Crippen LogP contribution in [0.5, 0.6) is 0 Å². The summed E-state index contributed by atoms with van der Waals surface area (Å²) < 4.78 is 24.5. The fraction of sp³-hybridized carbons (Fsp3) is 0.455. The van der Waals surface area contributed by atoms with Gasteiger partial charge in [-0.25, -0.2) is 8.78 Å². The summed E-state index contributed by atoms with van der Waals surface area (Å²) in [5.74, 6) is -0.825. The third kappa shape index (κ3) is 14.0. The van der Waals surface area contributed by atoms with Crippen molar-refractivity contribution in [1.82, 2.24) is 0 Å². The van der Waals surface area contributed by atoms with E-state index in [0.29, 0.717) is 0 Å². The molecule has 0 aliphatic heterocycles. The summed E-state index contributed by atoms with van der Waals surface area (Å²) in [5.41, 5.74) is 0. The second-order valence-corrected chi connectivity index (χ2v) is 2.12. The Balaban J connectivity index is 0. The van der Waals surface area contributed by atoms with Crippen LogP contribution < -0.4 is 0 Å². The number of hydrogen-bond acceptors (Lipinski definition) is 0. The predicted octanol–water partition coefficient (Wildman–Crippen LogP) is 4.71. The summed E-state index contributed by atoms with van der Waals surface area (Å²) in [6.45, 7) is 7.17. The van der Waals surface area contributed by atoms with E-state index in [2.05, 4.69) is 0 Å². The molecule has 13 heavy (non-hydrogen) atoms. The summed E-state index contributed by atoms with van der Waals surface area (Å²) in [5, 5.41) is 0. The zero-order chi connectivity index (χ0) is 10.7. The number of halogens is 2. The van der Waals surface area contributed by atoms with E-state index in [1.807, 2.05) is 20.8 Å². The molecule has 0 N–H and O–H groups in total. The lowest BCUT2D eigenvalue weighted by molar-refractivity contribution is 0.636. The molecular formula is C11H18F2. The lowest BCUT2D eigenvalue weighted by Crippen LogP contribution is -1.64. The molecule has 0 saturated heterocycles. The minimum Gasteiger partial charge on any atom is -0.212 e. The van der Waals surface area contributed by atoms with Crippen LogP contribution in [0, 0.1) is 0 Å². The zero-order valence-electron chi connectivity index (χ0n) is 8.77. The Bertz CT molecular complexity index is 184. The van der Waals surface area contributed by atoms with E-state index in [9.17, 15) is 8.78 Å². The Kier molecular flexibility index (Phi) is 12.4. The minimum atomic E-state index is -0.427. The highest BCUT2D eigenvalue weighted by molar-refractivity contribution is 5.18. The molecule has 0 spiro atoms. The van der Waals surface area contributed by atoms with Crippen molar-refractivity contribution in [1.29, 1.82) is 0 Å². The van der Waals surface area contributed by atoms with Gasteiger partial charge in [0.05, 0.1) is 5.83 Å². The topological polar surface area (TPSA) is 0 Å². The van der Waals surface area contributed by atoms with Crippen LogP contribution in [0.2, 0.25) is 0 Å². The normalized spacial score (nSPS) is 12.8. The second kappa shape index (κ2) is 11.1. The average molecular weight is 188 g/mol. The van der Waals surface area contributed by atoms with Gasteiger partial charge in [-0.3, -0.25) is 0 Å². The van der Waals surface area contributed by atoms with E-state index < -0.39 is 11.7 Å². The first-order chi connectivity index (χ1) is 6.16. The molecule has 0 nitrogen and oxygen atoms in total. The maximum Gasteiger partial charge on any atom is 0.122 e. The van der Waals surface area contributed by atoms with Gasteiger partial charge in [0, 0.05) is 0 Å². The van der Waals surface area contributed by atoms with Gasteiger partial charge in [-0.15, -0.1) is 0 Å². The summed E-state index contributed by atoms with van der Waals surface area (Å²) in [6.07, 6.45) is 5.96. The molecule has 0 heterocycles. The van der Waals surface area contributed by atoms with Crippen molar-refractivity contribution in [3.05, 3.63) is 36.0 Å². The molecule has 2 heteroatoms. The standard InChI is InChI=1S/C9H12F2.C2H6/c1-3-4-5-9(11)7-6-8(2)10;1-2/h4-7H,3H2,1-2H3;1-2H3/b5-4+,8-6+,9-7+;. The van der Waals surface area contributed by atoms with Gasteiger partial charge in [-0.2, -0.15) is 0 Å². The van der Waals surface area contributed by atoms with Crippen molar-refractivity contribution in [3.63, 3.8) is 0 Å². The first-order valence-electron chi connectivity index (χ1n) is 4.53. The van der Waals surface area contributed by atoms with Crippen molar-refractivity contribution < 1.29 is 8.78 Å². The van der Waals surface area contributed by atoms with Gasteiger partial charge in [0.25, 0.3) is 0 Å². The van der Waals surface area contributed by atoms with Gasteiger partial charge in [0.15, 0.2) is 0 Å². The van der Waals surface area contributed by atoms with E-state index in [1.165, 1.54) is 13.0 Å². The lowest BCUT2D eigenvalue weighted by atomic mass is 10.3. The van der Waals surface area contributed by atoms with Crippen LogP contribution in [-0.4, -0.2) is 0 Å². The highest BCUT2D eigenvalue weighted by atomic mass is 19.1. The van der Waals surface area contributed by atoms with Crippen LogP contribution in [0.3, 0.4) is 0 Å². The van der Waals surface area contributed by atoms with Crippen LogP contribution in [0.15, 0.2) is 36.0 Å². The van der Waals surface area contributed by atoms with Gasteiger partial charge < -0.3 is 0 Å². The average Bonchev–Trinajstić information content (AvgIpc) is 2.14. The van der Waals surface area contributed by atoms with Crippen molar-refractivity contribution in [2.45, 2.75) is 34.1 Å². The molecule has 0 rings (SSSR count). The van der Waals surface area contributed by atoms with Crippen molar-refractivity contribution in [3.8, 4) is 0 Å². The molecule has 0 aliphatic carbocycles. The molecule has 0 bridgehead atoms. The number of hydrogen-bond donors (Lipinski definition) is 0. The number of allylic oxidation sites excluding steroid dienone is 6. The zero-order valence-corrected chi connectivity index (χ0v) is 8.77. The van der Waals surface area contributed by atoms with Crippen molar-refractivity contribution in [2.24, 2.45) is 0 Å². The van der Waals surface area contributed by atoms with E-state index in [1.54, 1.807) is 6.08 Å². The smallest absolute Gasteiger partial charge is 0.122 e. The lowest BCUT2D eigenvalue weighted by Gasteiger charge is -1.83. The fourth-order valence-corrected chi connectivity index (χ4v) is 0.480. The second-order valence-electron chi connectivity index (χ2n) is 2.12. The van der Waals surface area contributed by atoms with Crippen LogP contribution in [0.4, 0.5) is 8.78 Å². The highest BCUT2D eigenvalue weighted by Gasteiger charge is 1.83. The molecule has 0 atom stereocenters. The minimum absolute atomic E-state index is 0.398. The van der Waals surface area contributed by atoms with Crippen LogP contribution >= 0.6 is 0 Å². The third-order valence-corrected chi connectivity index (χ3v) is 0.985. The van der Waals surface area contributed by atoms with Gasteiger partial charge in [0.2, 0.25) is 0 Å². The van der Waals surface area contributed by atoms with E-state index in [0.717, 1.165) is 18.6 Å². The van der Waals surface area contributed by atoms with Gasteiger partial charge in [-0.05, 0) is 31.6 Å². The van der Waals surface area contributed by atoms with Crippen LogP contribution in [0.25, 0.3) is 0 Å². The summed E-state index contributed by atoms with van der Waals surface area (Å²) >= 11 is 0. The van der Waals surface area contributed by atoms with Gasteiger partial charge in [-0.1, -0.05) is 26.8 Å². The largest absolute Gasteiger partial charge is 0.212 e. The van der Waals surface area contributed by atoms with Gasteiger partial charge >= 0.3 is 0 Å². The Morgan fingerprint density at radius 3 is 2.08 bits per heavy atom. The summed E-state index contributed by atoms with van der Waals surface area (Å²) in [4.78, 5) is 0. The first-order valence-corrected chi connectivity index (χ1v) is 4.53. The maximum absolute atomic E-state index is 12.5. The maximum atomic E-state index is 12.5. The number of rotatable bonds is 3. The molecule has 0 amide bonds. The predicted molar refractivity (Wildman–Crippen MR) is 54.8 cm³/mol. The summed E-state index contributed by atoms with van der Waals surface area (Å²) in [7, 11) is 0. The van der Waals surface area contributed by atoms with E-state index in [-0.39, 0.29) is 0 Å². The Morgan fingerprint density at radius 1 is 1.15 bits per heavy atom. The molecule has 0 radical (unpaired) electrons. The Morgan fingerprint density at radius 2 is 1.69 bits per heavy atom. The Hall–Kier alpha value is -0.920. The van der Waals surface area contributed by atoms with E-state index >= 15 is 0 Å². The molecule has 0 aliphatic rings. The molecule has 0 aromatic rings. The SMILES string of the molecule is CC.CC/C=C/C(F)=C\C=C(/C)F. The Labute approximate surface area is 79.7 Å². The molecule has 0 aromatic carbocycles. The summed E-state index contributed by atoms with van der Waals surface area (Å²) in [6, 6.07) is 0. The molecule has 76 valence electrons. The molecule has 0 saturated carbocycles. The van der Waals surface area contributed by atoms with Crippen molar-refractivity contribution in [2.75, 3.05) is 0 Å². The quantitative estimate of drug-likeness (QED) is 0.563.